The van der Waals surface area contributed by atoms with Crippen molar-refractivity contribution < 1.29 is 20.4 Å². The molecule has 2 aromatic rings. The molecule has 0 saturated heterocycles. The van der Waals surface area contributed by atoms with Gasteiger partial charge in [-0.25, -0.2) is 0 Å². The standard InChI is InChI=1S/2C16H25NO2/c2*1-3-17(2)12-14-7-4-5-10-16(14,19)13-8-6-9-15(18)11-13/h2*6,8-9,11,14,18-19H,3-5,7,10,12H2,1-2H3/t14-,16+;/m1./s1. The van der Waals surface area contributed by atoms with Gasteiger partial charge in [0, 0.05) is 24.9 Å². The lowest BCUT2D eigenvalue weighted by atomic mass is 9.71. The Bertz CT molecular complexity index is 921. The second-order valence-electron chi connectivity index (χ2n) is 11.5. The first-order valence-corrected chi connectivity index (χ1v) is 14.5. The van der Waals surface area contributed by atoms with E-state index in [1.54, 1.807) is 24.3 Å². The summed E-state index contributed by atoms with van der Waals surface area (Å²) in [5, 5.41) is 41.6. The van der Waals surface area contributed by atoms with Crippen LogP contribution in [-0.4, -0.2) is 70.5 Å². The molecule has 4 atom stereocenters. The molecule has 2 fully saturated rings. The molecule has 0 aromatic heterocycles. The van der Waals surface area contributed by atoms with E-state index in [1.807, 2.05) is 24.3 Å². The Labute approximate surface area is 229 Å². The quantitative estimate of drug-likeness (QED) is 0.366. The lowest BCUT2D eigenvalue weighted by molar-refractivity contribution is -0.0635. The molecule has 4 rings (SSSR count). The molecular formula is C32H50N2O4. The minimum absolute atomic E-state index is 0.235. The molecule has 0 bridgehead atoms. The van der Waals surface area contributed by atoms with Crippen LogP contribution < -0.4 is 0 Å². The van der Waals surface area contributed by atoms with Crippen LogP contribution >= 0.6 is 0 Å². The molecule has 0 spiro atoms. The molecule has 38 heavy (non-hydrogen) atoms. The first-order chi connectivity index (χ1) is 18.1. The van der Waals surface area contributed by atoms with Crippen molar-refractivity contribution in [3.8, 4) is 11.5 Å². The molecule has 2 unspecified atom stereocenters. The summed E-state index contributed by atoms with van der Waals surface area (Å²) >= 11 is 0. The summed E-state index contributed by atoms with van der Waals surface area (Å²) in [4.78, 5) is 4.51. The highest BCUT2D eigenvalue weighted by Crippen LogP contribution is 2.44. The molecule has 212 valence electrons. The van der Waals surface area contributed by atoms with Gasteiger partial charge in [0.15, 0.2) is 0 Å². The lowest BCUT2D eigenvalue weighted by Crippen LogP contribution is -2.43. The van der Waals surface area contributed by atoms with Gasteiger partial charge in [-0.05, 0) is 88.3 Å². The molecule has 6 nitrogen and oxygen atoms in total. The molecule has 0 radical (unpaired) electrons. The van der Waals surface area contributed by atoms with Crippen LogP contribution in [0.25, 0.3) is 0 Å². The normalized spacial score (nSPS) is 27.7. The van der Waals surface area contributed by atoms with Crippen molar-refractivity contribution in [1.82, 2.24) is 9.80 Å². The minimum atomic E-state index is -0.791. The molecule has 2 aliphatic carbocycles. The maximum absolute atomic E-state index is 11.1. The van der Waals surface area contributed by atoms with E-state index in [1.165, 1.54) is 12.8 Å². The van der Waals surface area contributed by atoms with Gasteiger partial charge in [0.2, 0.25) is 0 Å². The average Bonchev–Trinajstić information content (AvgIpc) is 2.91. The second kappa shape index (κ2) is 13.8. The smallest absolute Gasteiger partial charge is 0.115 e. The van der Waals surface area contributed by atoms with Gasteiger partial charge in [0.05, 0.1) is 11.2 Å². The molecule has 2 aromatic carbocycles. The lowest BCUT2D eigenvalue weighted by Gasteiger charge is -2.42. The van der Waals surface area contributed by atoms with E-state index in [0.717, 1.165) is 75.8 Å². The van der Waals surface area contributed by atoms with Crippen LogP contribution in [0.2, 0.25) is 0 Å². The average molecular weight is 527 g/mol. The van der Waals surface area contributed by atoms with E-state index in [0.29, 0.717) is 0 Å². The van der Waals surface area contributed by atoms with Crippen LogP contribution in [0.15, 0.2) is 48.5 Å². The number of benzene rings is 2. The highest BCUT2D eigenvalue weighted by atomic mass is 16.3. The highest BCUT2D eigenvalue weighted by molar-refractivity contribution is 5.33. The van der Waals surface area contributed by atoms with E-state index in [2.05, 4.69) is 37.7 Å². The van der Waals surface area contributed by atoms with Crippen molar-refractivity contribution in [1.29, 1.82) is 0 Å². The zero-order chi connectivity index (χ0) is 27.8. The molecule has 6 heteroatoms. The fourth-order valence-corrected chi connectivity index (χ4v) is 6.26. The summed E-state index contributed by atoms with van der Waals surface area (Å²) in [6.07, 6.45) is 8.16. The van der Waals surface area contributed by atoms with Gasteiger partial charge in [0.1, 0.15) is 11.5 Å². The Morgan fingerprint density at radius 2 is 1.08 bits per heavy atom. The van der Waals surface area contributed by atoms with Crippen LogP contribution in [0.5, 0.6) is 11.5 Å². The van der Waals surface area contributed by atoms with Crippen LogP contribution in [0.3, 0.4) is 0 Å². The Hall–Kier alpha value is -2.12. The number of hydrogen-bond acceptors (Lipinski definition) is 6. The van der Waals surface area contributed by atoms with E-state index in [4.69, 9.17) is 0 Å². The summed E-state index contributed by atoms with van der Waals surface area (Å²) in [5.41, 5.74) is 0.143. The zero-order valence-electron chi connectivity index (χ0n) is 23.9. The van der Waals surface area contributed by atoms with Gasteiger partial charge >= 0.3 is 0 Å². The first-order valence-electron chi connectivity index (χ1n) is 14.5. The molecule has 0 heterocycles. The molecule has 2 aliphatic rings. The Kier molecular flexibility index (Phi) is 11.0. The van der Waals surface area contributed by atoms with Crippen molar-refractivity contribution in [3.05, 3.63) is 59.7 Å². The van der Waals surface area contributed by atoms with Crippen LogP contribution in [-0.2, 0) is 11.2 Å². The van der Waals surface area contributed by atoms with Crippen molar-refractivity contribution in [2.45, 2.75) is 76.4 Å². The molecule has 2 saturated carbocycles. The molecular weight excluding hydrogens is 476 g/mol. The van der Waals surface area contributed by atoms with Crippen molar-refractivity contribution in [2.75, 3.05) is 40.3 Å². The number of aliphatic hydroxyl groups is 2. The maximum atomic E-state index is 11.1. The summed E-state index contributed by atoms with van der Waals surface area (Å²) in [6.45, 7) is 8.07. The van der Waals surface area contributed by atoms with E-state index in [-0.39, 0.29) is 23.3 Å². The third kappa shape index (κ3) is 7.50. The van der Waals surface area contributed by atoms with Gasteiger partial charge in [-0.2, -0.15) is 0 Å². The van der Waals surface area contributed by atoms with E-state index >= 15 is 0 Å². The Balaban J connectivity index is 0.000000211. The number of phenols is 2. The monoisotopic (exact) mass is 526 g/mol. The minimum Gasteiger partial charge on any atom is -0.508 e. The van der Waals surface area contributed by atoms with Crippen LogP contribution in [0, 0.1) is 11.8 Å². The van der Waals surface area contributed by atoms with Gasteiger partial charge in [-0.3, -0.25) is 0 Å². The highest BCUT2D eigenvalue weighted by Gasteiger charge is 2.41. The van der Waals surface area contributed by atoms with Gasteiger partial charge in [-0.1, -0.05) is 63.8 Å². The third-order valence-electron chi connectivity index (χ3n) is 8.91. The predicted molar refractivity (Wildman–Crippen MR) is 154 cm³/mol. The zero-order valence-corrected chi connectivity index (χ0v) is 23.9. The van der Waals surface area contributed by atoms with Crippen molar-refractivity contribution in [2.24, 2.45) is 11.8 Å². The Morgan fingerprint density at radius 1 is 0.684 bits per heavy atom. The summed E-state index contributed by atoms with van der Waals surface area (Å²) in [6, 6.07) is 14.2. The second-order valence-corrected chi connectivity index (χ2v) is 11.5. The number of phenolic OH excluding ortho intramolecular Hbond substituents is 2. The fourth-order valence-electron chi connectivity index (χ4n) is 6.26. The van der Waals surface area contributed by atoms with Gasteiger partial charge in [-0.15, -0.1) is 0 Å². The largest absolute Gasteiger partial charge is 0.508 e. The van der Waals surface area contributed by atoms with E-state index < -0.39 is 11.2 Å². The topological polar surface area (TPSA) is 87.4 Å². The van der Waals surface area contributed by atoms with E-state index in [9.17, 15) is 20.4 Å². The predicted octanol–water partition coefficient (Wildman–Crippen LogP) is 5.44. The summed E-state index contributed by atoms with van der Waals surface area (Å²) in [7, 11) is 4.19. The van der Waals surface area contributed by atoms with Gasteiger partial charge < -0.3 is 30.2 Å². The number of aromatic hydroxyl groups is 2. The summed E-state index contributed by atoms with van der Waals surface area (Å²) < 4.78 is 0. The SMILES string of the molecule is CCN(C)CC1CCCCC1(O)c1cccc(O)c1.CCN(C)C[C@H]1CCCC[C@]1(O)c1cccc(O)c1. The number of nitrogens with zero attached hydrogens (tertiary/aromatic N) is 2. The Morgan fingerprint density at radius 3 is 1.42 bits per heavy atom. The maximum Gasteiger partial charge on any atom is 0.115 e. The molecule has 0 amide bonds. The van der Waals surface area contributed by atoms with Crippen molar-refractivity contribution >= 4 is 0 Å². The van der Waals surface area contributed by atoms with Crippen LogP contribution in [0.4, 0.5) is 0 Å². The molecule has 0 aliphatic heterocycles. The van der Waals surface area contributed by atoms with Crippen molar-refractivity contribution in [3.63, 3.8) is 0 Å². The fraction of sp³-hybridized carbons (Fsp3) is 0.625. The molecule has 4 N–H and O–H groups in total. The number of hydrogen-bond donors (Lipinski definition) is 4. The third-order valence-corrected chi connectivity index (χ3v) is 8.91. The van der Waals surface area contributed by atoms with Crippen LogP contribution in [0.1, 0.15) is 76.3 Å². The first kappa shape index (κ1) is 30.4. The summed E-state index contributed by atoms with van der Waals surface area (Å²) in [5.74, 6) is 0.958. The van der Waals surface area contributed by atoms with Gasteiger partial charge in [0.25, 0.3) is 0 Å². The number of rotatable bonds is 8.